The number of nitrogens with zero attached hydrogens (tertiary/aromatic N) is 1. The quantitative estimate of drug-likeness (QED) is 0.688. The number of fused-ring (bicyclic) bond motifs is 1. The van der Waals surface area contributed by atoms with Crippen LogP contribution in [-0.4, -0.2) is 25.0 Å². The molecule has 0 radical (unpaired) electrons. The van der Waals surface area contributed by atoms with Gasteiger partial charge in [-0.05, 0) is 19.1 Å². The fraction of sp³-hybridized carbons (Fsp3) is 0.158. The van der Waals surface area contributed by atoms with Crippen LogP contribution in [0.4, 0.5) is 0 Å². The van der Waals surface area contributed by atoms with Gasteiger partial charge >= 0.3 is 0 Å². The highest BCUT2D eigenvalue weighted by atomic mass is 16.5. The van der Waals surface area contributed by atoms with Crippen molar-refractivity contribution in [3.63, 3.8) is 0 Å². The monoisotopic (exact) mass is 307 g/mol. The minimum atomic E-state index is -0.0349. The number of aryl methyl sites for hydroxylation is 1. The minimum absolute atomic E-state index is 0.0349. The molecule has 3 rings (SSSR count). The zero-order valence-corrected chi connectivity index (χ0v) is 13.3. The number of carbonyl (C=O) groups is 1. The van der Waals surface area contributed by atoms with E-state index in [0.717, 1.165) is 10.9 Å². The third kappa shape index (κ3) is 2.75. The van der Waals surface area contributed by atoms with Crippen molar-refractivity contribution in [2.75, 3.05) is 14.2 Å². The Hall–Kier alpha value is -2.88. The molecule has 0 saturated carbocycles. The Morgan fingerprint density at radius 2 is 1.61 bits per heavy atom. The molecule has 2 aromatic carbocycles. The number of hydrogen-bond acceptors (Lipinski definition) is 4. The van der Waals surface area contributed by atoms with Gasteiger partial charge in [0.05, 0.1) is 19.7 Å². The third-order valence-corrected chi connectivity index (χ3v) is 3.79. The molecule has 0 atom stereocenters. The summed E-state index contributed by atoms with van der Waals surface area (Å²) in [5.41, 5.74) is 2.71. The molecule has 0 aliphatic rings. The number of benzene rings is 2. The summed E-state index contributed by atoms with van der Waals surface area (Å²) < 4.78 is 10.6. The van der Waals surface area contributed by atoms with Gasteiger partial charge in [-0.3, -0.25) is 9.78 Å². The Balaban J connectivity index is 2.15. The van der Waals surface area contributed by atoms with E-state index in [1.54, 1.807) is 26.4 Å². The molecule has 0 spiro atoms. The van der Waals surface area contributed by atoms with Crippen LogP contribution in [0.5, 0.6) is 11.5 Å². The normalized spacial score (nSPS) is 10.6. The summed E-state index contributed by atoms with van der Waals surface area (Å²) in [6, 6.07) is 14.7. The van der Waals surface area contributed by atoms with Gasteiger partial charge in [-0.2, -0.15) is 0 Å². The summed E-state index contributed by atoms with van der Waals surface area (Å²) in [5, 5.41) is 0.840. The van der Waals surface area contributed by atoms with Crippen molar-refractivity contribution < 1.29 is 14.3 Å². The van der Waals surface area contributed by atoms with Gasteiger partial charge < -0.3 is 9.47 Å². The summed E-state index contributed by atoms with van der Waals surface area (Å²) >= 11 is 0. The van der Waals surface area contributed by atoms with Crippen LogP contribution in [0.1, 0.15) is 21.6 Å². The first kappa shape index (κ1) is 15.0. The predicted octanol–water partition coefficient (Wildman–Crippen LogP) is 3.79. The van der Waals surface area contributed by atoms with E-state index in [2.05, 4.69) is 4.98 Å². The van der Waals surface area contributed by atoms with Gasteiger partial charge in [0.1, 0.15) is 0 Å². The van der Waals surface area contributed by atoms with Gasteiger partial charge in [0, 0.05) is 28.3 Å². The number of methoxy groups -OCH3 is 2. The SMILES string of the molecule is COc1cc2cc(C(=O)c3ccccc3)c(C)nc2cc1OC. The average Bonchev–Trinajstić information content (AvgIpc) is 2.60. The van der Waals surface area contributed by atoms with E-state index in [1.807, 2.05) is 43.3 Å². The van der Waals surface area contributed by atoms with E-state index >= 15 is 0 Å². The van der Waals surface area contributed by atoms with Crippen molar-refractivity contribution in [3.8, 4) is 11.5 Å². The zero-order chi connectivity index (χ0) is 16.4. The van der Waals surface area contributed by atoms with Gasteiger partial charge in [-0.15, -0.1) is 0 Å². The number of rotatable bonds is 4. The predicted molar refractivity (Wildman–Crippen MR) is 89.5 cm³/mol. The number of ketones is 1. The van der Waals surface area contributed by atoms with Crippen molar-refractivity contribution in [1.82, 2.24) is 4.98 Å². The van der Waals surface area contributed by atoms with Crippen LogP contribution in [0.2, 0.25) is 0 Å². The van der Waals surface area contributed by atoms with Gasteiger partial charge in [0.2, 0.25) is 0 Å². The highest BCUT2D eigenvalue weighted by Gasteiger charge is 2.15. The highest BCUT2D eigenvalue weighted by Crippen LogP contribution is 2.32. The molecular formula is C19H17NO3. The molecule has 23 heavy (non-hydrogen) atoms. The van der Waals surface area contributed by atoms with Crippen molar-refractivity contribution >= 4 is 16.7 Å². The van der Waals surface area contributed by atoms with E-state index < -0.39 is 0 Å². The Bertz CT molecular complexity index is 873. The average molecular weight is 307 g/mol. The topological polar surface area (TPSA) is 48.4 Å². The molecule has 1 aromatic heterocycles. The molecule has 0 amide bonds. The molecule has 1 heterocycles. The number of ether oxygens (including phenoxy) is 2. The van der Waals surface area contributed by atoms with Crippen LogP contribution in [0.25, 0.3) is 10.9 Å². The minimum Gasteiger partial charge on any atom is -0.493 e. The van der Waals surface area contributed by atoms with Crippen molar-refractivity contribution in [2.45, 2.75) is 6.92 Å². The molecule has 3 aromatic rings. The van der Waals surface area contributed by atoms with E-state index in [4.69, 9.17) is 9.47 Å². The second-order valence-electron chi connectivity index (χ2n) is 5.22. The molecule has 0 aliphatic heterocycles. The molecule has 0 bridgehead atoms. The van der Waals surface area contributed by atoms with Gasteiger partial charge in [-0.25, -0.2) is 0 Å². The first-order chi connectivity index (χ1) is 11.1. The molecule has 0 aliphatic carbocycles. The van der Waals surface area contributed by atoms with Crippen LogP contribution >= 0.6 is 0 Å². The maximum Gasteiger partial charge on any atom is 0.194 e. The van der Waals surface area contributed by atoms with Crippen molar-refractivity contribution in [3.05, 3.63) is 65.4 Å². The van der Waals surface area contributed by atoms with E-state index in [-0.39, 0.29) is 5.78 Å². The fourth-order valence-electron chi connectivity index (χ4n) is 2.57. The Morgan fingerprint density at radius 3 is 2.26 bits per heavy atom. The van der Waals surface area contributed by atoms with Crippen LogP contribution in [-0.2, 0) is 0 Å². The van der Waals surface area contributed by atoms with Gasteiger partial charge in [-0.1, -0.05) is 30.3 Å². The standard InChI is InChI=1S/C19H17NO3/c1-12-15(19(21)13-7-5-4-6-8-13)9-14-10-17(22-2)18(23-3)11-16(14)20-12/h4-11H,1-3H3. The van der Waals surface area contributed by atoms with Gasteiger partial charge in [0.15, 0.2) is 17.3 Å². The summed E-state index contributed by atoms with van der Waals surface area (Å²) in [6.07, 6.45) is 0. The van der Waals surface area contributed by atoms with Crippen molar-refractivity contribution in [1.29, 1.82) is 0 Å². The summed E-state index contributed by atoms with van der Waals surface area (Å²) in [7, 11) is 3.17. The molecule has 0 fully saturated rings. The maximum absolute atomic E-state index is 12.7. The lowest BCUT2D eigenvalue weighted by Crippen LogP contribution is -2.05. The Labute approximate surface area is 134 Å². The molecule has 0 saturated heterocycles. The molecule has 0 unspecified atom stereocenters. The summed E-state index contributed by atoms with van der Waals surface area (Å²) in [6.45, 7) is 1.84. The van der Waals surface area contributed by atoms with Crippen LogP contribution in [0, 0.1) is 6.92 Å². The van der Waals surface area contributed by atoms with E-state index in [1.165, 1.54) is 0 Å². The lowest BCUT2D eigenvalue weighted by atomic mass is 10.0. The maximum atomic E-state index is 12.7. The third-order valence-electron chi connectivity index (χ3n) is 3.79. The number of pyridine rings is 1. The smallest absolute Gasteiger partial charge is 0.194 e. The van der Waals surface area contributed by atoms with Crippen molar-refractivity contribution in [2.24, 2.45) is 0 Å². The fourth-order valence-corrected chi connectivity index (χ4v) is 2.57. The molecule has 0 N–H and O–H groups in total. The number of aromatic nitrogens is 1. The van der Waals surface area contributed by atoms with Gasteiger partial charge in [0.25, 0.3) is 0 Å². The van der Waals surface area contributed by atoms with Crippen LogP contribution < -0.4 is 9.47 Å². The second-order valence-corrected chi connectivity index (χ2v) is 5.22. The number of carbonyl (C=O) groups excluding carboxylic acids is 1. The number of hydrogen-bond donors (Lipinski definition) is 0. The lowest BCUT2D eigenvalue weighted by Gasteiger charge is -2.11. The highest BCUT2D eigenvalue weighted by molar-refractivity contribution is 6.11. The molecular weight excluding hydrogens is 290 g/mol. The molecule has 4 heteroatoms. The molecule has 116 valence electrons. The lowest BCUT2D eigenvalue weighted by molar-refractivity contribution is 0.103. The molecule has 4 nitrogen and oxygen atoms in total. The van der Waals surface area contributed by atoms with Crippen LogP contribution in [0.3, 0.4) is 0 Å². The Morgan fingerprint density at radius 1 is 0.957 bits per heavy atom. The largest absolute Gasteiger partial charge is 0.493 e. The summed E-state index contributed by atoms with van der Waals surface area (Å²) in [5.74, 6) is 1.20. The Kier molecular flexibility index (Phi) is 3.98. The van der Waals surface area contributed by atoms with E-state index in [9.17, 15) is 4.79 Å². The van der Waals surface area contributed by atoms with Crippen LogP contribution in [0.15, 0.2) is 48.5 Å². The second kappa shape index (κ2) is 6.08. The van der Waals surface area contributed by atoms with E-state index in [0.29, 0.717) is 28.3 Å². The summed E-state index contributed by atoms with van der Waals surface area (Å²) in [4.78, 5) is 17.2. The zero-order valence-electron chi connectivity index (χ0n) is 13.3. The first-order valence-electron chi connectivity index (χ1n) is 7.27. The first-order valence-corrected chi connectivity index (χ1v) is 7.27.